The molecule has 0 radical (unpaired) electrons. The monoisotopic (exact) mass is 418 g/mol. The van der Waals surface area contributed by atoms with Gasteiger partial charge in [0, 0.05) is 58.4 Å². The molecule has 0 atom stereocenters. The van der Waals surface area contributed by atoms with Gasteiger partial charge in [0.05, 0.1) is 23.7 Å². The van der Waals surface area contributed by atoms with Crippen molar-refractivity contribution < 1.29 is 17.9 Å². The van der Waals surface area contributed by atoms with Gasteiger partial charge in [-0.2, -0.15) is 0 Å². The van der Waals surface area contributed by atoms with Gasteiger partial charge in [-0.1, -0.05) is 0 Å². The van der Waals surface area contributed by atoms with E-state index in [1.165, 1.54) is 20.2 Å². The molecule has 1 aromatic rings. The second-order valence-electron chi connectivity index (χ2n) is 6.80. The third-order valence-electron chi connectivity index (χ3n) is 4.76. The fourth-order valence-electron chi connectivity index (χ4n) is 2.97. The van der Waals surface area contributed by atoms with Crippen molar-refractivity contribution in [1.82, 2.24) is 14.9 Å². The van der Waals surface area contributed by atoms with Gasteiger partial charge in [-0.3, -0.25) is 4.79 Å². The Morgan fingerprint density at radius 2 is 1.96 bits per heavy atom. The Hall–Kier alpha value is -1.39. The first-order valence-electron chi connectivity index (χ1n) is 8.78. The van der Waals surface area contributed by atoms with Crippen LogP contribution in [0.15, 0.2) is 23.1 Å². The molecular formula is C17H27ClN4O4S. The summed E-state index contributed by atoms with van der Waals surface area (Å²) in [6, 6.07) is 4.77. The summed E-state index contributed by atoms with van der Waals surface area (Å²) < 4.78 is 31.5. The number of amides is 1. The summed E-state index contributed by atoms with van der Waals surface area (Å²) in [4.78, 5) is 15.0. The number of carbonyl (C=O) groups excluding carboxylic acids is 1. The number of carbonyl (C=O) groups is 1. The number of halogens is 1. The molecule has 0 unspecified atom stereocenters. The maximum Gasteiger partial charge on any atom is 0.253 e. The van der Waals surface area contributed by atoms with Crippen LogP contribution >= 0.6 is 12.4 Å². The normalized spacial score (nSPS) is 18.0. The Bertz CT molecular complexity index is 762. The highest BCUT2D eigenvalue weighted by Gasteiger charge is 2.25. The highest BCUT2D eigenvalue weighted by molar-refractivity contribution is 7.89. The lowest BCUT2D eigenvalue weighted by molar-refractivity contribution is 0.0940. The van der Waals surface area contributed by atoms with E-state index in [-0.39, 0.29) is 23.2 Å². The Kier molecular flexibility index (Phi) is 7.47. The predicted octanol–water partition coefficient (Wildman–Crippen LogP) is 0.145. The van der Waals surface area contributed by atoms with Crippen molar-refractivity contribution in [2.75, 3.05) is 64.9 Å². The molecule has 0 aromatic heterocycles. The molecule has 0 aliphatic carbocycles. The maximum absolute atomic E-state index is 12.8. The molecule has 1 aromatic carbocycles. The number of hydrogen-bond acceptors (Lipinski definition) is 6. The summed E-state index contributed by atoms with van der Waals surface area (Å²) in [6.07, 6.45) is 0. The van der Waals surface area contributed by atoms with E-state index in [0.717, 1.165) is 23.1 Å². The number of nitrogens with one attached hydrogen (secondary N) is 2. The minimum atomic E-state index is -3.61. The zero-order chi connectivity index (χ0) is 18.7. The number of hydrogen-bond donors (Lipinski definition) is 2. The molecule has 2 heterocycles. The van der Waals surface area contributed by atoms with E-state index >= 15 is 0 Å². The molecule has 2 N–H and O–H groups in total. The van der Waals surface area contributed by atoms with Crippen LogP contribution in [0.1, 0.15) is 10.4 Å². The molecule has 152 valence electrons. The number of morpholine rings is 1. The first-order valence-corrected chi connectivity index (χ1v) is 10.2. The van der Waals surface area contributed by atoms with Gasteiger partial charge in [0.25, 0.3) is 5.91 Å². The molecule has 27 heavy (non-hydrogen) atoms. The van der Waals surface area contributed by atoms with Crippen LogP contribution in [0.5, 0.6) is 0 Å². The zero-order valence-electron chi connectivity index (χ0n) is 15.6. The van der Waals surface area contributed by atoms with E-state index in [4.69, 9.17) is 4.74 Å². The lowest BCUT2D eigenvalue weighted by Gasteiger charge is -2.31. The van der Waals surface area contributed by atoms with Crippen molar-refractivity contribution in [1.29, 1.82) is 0 Å². The summed E-state index contributed by atoms with van der Waals surface area (Å²) in [5.74, 6) is 0.189. The van der Waals surface area contributed by atoms with Gasteiger partial charge < -0.3 is 20.3 Å². The van der Waals surface area contributed by atoms with Crippen LogP contribution in [0.3, 0.4) is 0 Å². The summed E-state index contributed by atoms with van der Waals surface area (Å²) >= 11 is 0. The predicted molar refractivity (Wildman–Crippen MR) is 106 cm³/mol. The van der Waals surface area contributed by atoms with E-state index < -0.39 is 10.0 Å². The topological polar surface area (TPSA) is 91.0 Å². The van der Waals surface area contributed by atoms with Crippen LogP contribution in [-0.4, -0.2) is 78.7 Å². The SMILES string of the molecule is CN(C)S(=O)(=O)c1ccc(N2CCOCC2)c(C(=O)NCC2CNC2)c1.Cl. The Labute approximate surface area is 166 Å². The molecule has 0 saturated carbocycles. The number of benzene rings is 1. The zero-order valence-corrected chi connectivity index (χ0v) is 17.2. The van der Waals surface area contributed by atoms with Crippen molar-refractivity contribution in [3.05, 3.63) is 23.8 Å². The Morgan fingerprint density at radius 1 is 1.30 bits per heavy atom. The number of anilines is 1. The molecule has 2 fully saturated rings. The first kappa shape index (κ1) is 21.9. The van der Waals surface area contributed by atoms with Gasteiger partial charge in [0.2, 0.25) is 10.0 Å². The van der Waals surface area contributed by atoms with Gasteiger partial charge in [-0.15, -0.1) is 12.4 Å². The third-order valence-corrected chi connectivity index (χ3v) is 6.57. The average Bonchev–Trinajstić information content (AvgIpc) is 2.60. The quantitative estimate of drug-likeness (QED) is 0.683. The van der Waals surface area contributed by atoms with Crippen LogP contribution in [-0.2, 0) is 14.8 Å². The molecule has 1 amide bonds. The van der Waals surface area contributed by atoms with Gasteiger partial charge in [-0.25, -0.2) is 12.7 Å². The second-order valence-corrected chi connectivity index (χ2v) is 8.95. The van der Waals surface area contributed by atoms with Crippen molar-refractivity contribution >= 4 is 34.0 Å². The number of ether oxygens (including phenoxy) is 1. The van der Waals surface area contributed by atoms with E-state index in [1.54, 1.807) is 12.1 Å². The molecule has 0 bridgehead atoms. The summed E-state index contributed by atoms with van der Waals surface area (Å²) in [6.45, 7) is 4.90. The van der Waals surface area contributed by atoms with Gasteiger partial charge in [0.1, 0.15) is 0 Å². The van der Waals surface area contributed by atoms with Crippen molar-refractivity contribution in [2.24, 2.45) is 5.92 Å². The van der Waals surface area contributed by atoms with E-state index in [0.29, 0.717) is 44.3 Å². The average molecular weight is 419 g/mol. The Morgan fingerprint density at radius 3 is 2.52 bits per heavy atom. The first-order chi connectivity index (χ1) is 12.4. The molecule has 8 nitrogen and oxygen atoms in total. The number of rotatable bonds is 6. The van der Waals surface area contributed by atoms with Crippen LogP contribution in [0.4, 0.5) is 5.69 Å². The smallest absolute Gasteiger partial charge is 0.253 e. The van der Waals surface area contributed by atoms with Crippen molar-refractivity contribution in [3.63, 3.8) is 0 Å². The lowest BCUT2D eigenvalue weighted by atomic mass is 10.0. The van der Waals surface area contributed by atoms with E-state index in [9.17, 15) is 13.2 Å². The molecule has 0 spiro atoms. The summed E-state index contributed by atoms with van der Waals surface area (Å²) in [7, 11) is -0.644. The number of sulfonamides is 1. The molecule has 3 rings (SSSR count). The number of nitrogens with zero attached hydrogens (tertiary/aromatic N) is 2. The standard InChI is InChI=1S/C17H26N4O4S.ClH/c1-20(2)26(23,24)14-3-4-16(21-5-7-25-8-6-21)15(9-14)17(22)19-12-13-10-18-11-13;/h3-4,9,13,18H,5-8,10-12H2,1-2H3,(H,19,22);1H. The van der Waals surface area contributed by atoms with Gasteiger partial charge >= 0.3 is 0 Å². The fraction of sp³-hybridized carbons (Fsp3) is 0.588. The largest absolute Gasteiger partial charge is 0.378 e. The van der Waals surface area contributed by atoms with Gasteiger partial charge in [0.15, 0.2) is 0 Å². The Balaban J connectivity index is 0.00000261. The fourth-order valence-corrected chi connectivity index (χ4v) is 3.90. The molecule has 2 aliphatic heterocycles. The van der Waals surface area contributed by atoms with Crippen molar-refractivity contribution in [3.8, 4) is 0 Å². The van der Waals surface area contributed by atoms with Crippen LogP contribution in [0.25, 0.3) is 0 Å². The molecular weight excluding hydrogens is 392 g/mol. The van der Waals surface area contributed by atoms with E-state index in [1.807, 2.05) is 0 Å². The van der Waals surface area contributed by atoms with Crippen LogP contribution in [0.2, 0.25) is 0 Å². The lowest BCUT2D eigenvalue weighted by Crippen LogP contribution is -2.48. The van der Waals surface area contributed by atoms with Crippen LogP contribution in [0, 0.1) is 5.92 Å². The molecule has 2 aliphatic rings. The van der Waals surface area contributed by atoms with Gasteiger partial charge in [-0.05, 0) is 18.2 Å². The highest BCUT2D eigenvalue weighted by atomic mass is 35.5. The minimum Gasteiger partial charge on any atom is -0.378 e. The molecule has 10 heteroatoms. The maximum atomic E-state index is 12.8. The highest BCUT2D eigenvalue weighted by Crippen LogP contribution is 2.26. The van der Waals surface area contributed by atoms with E-state index in [2.05, 4.69) is 15.5 Å². The summed E-state index contributed by atoms with van der Waals surface area (Å²) in [5, 5.41) is 6.11. The second kappa shape index (κ2) is 9.20. The summed E-state index contributed by atoms with van der Waals surface area (Å²) in [5.41, 5.74) is 1.14. The van der Waals surface area contributed by atoms with Crippen LogP contribution < -0.4 is 15.5 Å². The van der Waals surface area contributed by atoms with Crippen molar-refractivity contribution in [2.45, 2.75) is 4.90 Å². The molecule has 2 saturated heterocycles. The third kappa shape index (κ3) is 4.91. The minimum absolute atomic E-state index is 0.